The molecule has 2 aliphatic rings. The average Bonchev–Trinajstić information content (AvgIpc) is 2.75. The molecule has 3 atom stereocenters. The van der Waals surface area contributed by atoms with Crippen molar-refractivity contribution in [1.82, 2.24) is 4.90 Å². The monoisotopic (exact) mass is 240 g/mol. The van der Waals surface area contributed by atoms with E-state index in [4.69, 9.17) is 10.5 Å². The Balaban J connectivity index is 1.78. The molecule has 1 saturated carbocycles. The maximum absolute atomic E-state index is 12.1. The first-order valence-corrected chi connectivity index (χ1v) is 6.86. The summed E-state index contributed by atoms with van der Waals surface area (Å²) in [6, 6.07) is 0.261. The molecule has 0 radical (unpaired) electrons. The Morgan fingerprint density at radius 1 is 1.29 bits per heavy atom. The molecule has 98 valence electrons. The summed E-state index contributed by atoms with van der Waals surface area (Å²) in [7, 11) is 0. The highest BCUT2D eigenvalue weighted by Crippen LogP contribution is 2.22. The van der Waals surface area contributed by atoms with Gasteiger partial charge in [0.25, 0.3) is 5.91 Å². The van der Waals surface area contributed by atoms with Gasteiger partial charge in [0.05, 0.1) is 6.10 Å². The maximum Gasteiger partial charge on any atom is 0.251 e. The van der Waals surface area contributed by atoms with Crippen molar-refractivity contribution < 1.29 is 9.53 Å². The summed E-state index contributed by atoms with van der Waals surface area (Å²) in [5.41, 5.74) is 5.84. The summed E-state index contributed by atoms with van der Waals surface area (Å²) in [4.78, 5) is 14.1. The highest BCUT2D eigenvalue weighted by Gasteiger charge is 2.28. The summed E-state index contributed by atoms with van der Waals surface area (Å²) in [5, 5.41) is 0. The van der Waals surface area contributed by atoms with Crippen LogP contribution in [-0.4, -0.2) is 42.1 Å². The van der Waals surface area contributed by atoms with Crippen molar-refractivity contribution in [3.05, 3.63) is 0 Å². The number of carbonyl (C=O) groups is 1. The molecular weight excluding hydrogens is 216 g/mol. The fraction of sp³-hybridized carbons (Fsp3) is 0.923. The van der Waals surface area contributed by atoms with E-state index >= 15 is 0 Å². The average molecular weight is 240 g/mol. The Kier molecular flexibility index (Phi) is 4.40. The molecule has 0 bridgehead atoms. The molecule has 2 fully saturated rings. The Labute approximate surface area is 103 Å². The molecule has 3 unspecified atom stereocenters. The van der Waals surface area contributed by atoms with Crippen LogP contribution < -0.4 is 5.73 Å². The number of nitrogens with zero attached hydrogens (tertiary/aromatic N) is 1. The smallest absolute Gasteiger partial charge is 0.251 e. The van der Waals surface area contributed by atoms with E-state index in [0.717, 1.165) is 45.2 Å². The van der Waals surface area contributed by atoms with Crippen LogP contribution in [0.15, 0.2) is 0 Å². The van der Waals surface area contributed by atoms with Gasteiger partial charge in [-0.3, -0.25) is 4.79 Å². The van der Waals surface area contributed by atoms with E-state index in [0.29, 0.717) is 0 Å². The lowest BCUT2D eigenvalue weighted by Gasteiger charge is -2.30. The molecule has 2 N–H and O–H groups in total. The summed E-state index contributed by atoms with van der Waals surface area (Å²) in [6.07, 6.45) is 6.32. The van der Waals surface area contributed by atoms with Crippen molar-refractivity contribution in [2.45, 2.75) is 63.7 Å². The van der Waals surface area contributed by atoms with Crippen LogP contribution in [0.3, 0.4) is 0 Å². The van der Waals surface area contributed by atoms with E-state index < -0.39 is 0 Å². The number of hydrogen-bond donors (Lipinski definition) is 1. The Morgan fingerprint density at radius 2 is 2.00 bits per heavy atom. The summed E-state index contributed by atoms with van der Waals surface area (Å²) in [5.74, 6) is 0.158. The predicted octanol–water partition coefficient (Wildman–Crippen LogP) is 1.28. The molecule has 0 aromatic carbocycles. The van der Waals surface area contributed by atoms with Gasteiger partial charge in [-0.05, 0) is 45.4 Å². The van der Waals surface area contributed by atoms with Gasteiger partial charge < -0.3 is 15.4 Å². The summed E-state index contributed by atoms with van der Waals surface area (Å²) < 4.78 is 5.83. The standard InChI is InChI=1S/C13H24N2O2/c1-10(17-12-6-5-11(14)9-12)13(16)15-7-3-2-4-8-15/h10-12H,2-9,14H2,1H3. The number of piperidine rings is 1. The molecule has 1 heterocycles. The first kappa shape index (κ1) is 12.8. The van der Waals surface area contributed by atoms with Crippen LogP contribution in [0.2, 0.25) is 0 Å². The van der Waals surface area contributed by atoms with Crippen LogP contribution >= 0.6 is 0 Å². The second-order valence-corrected chi connectivity index (χ2v) is 5.36. The van der Waals surface area contributed by atoms with Crippen molar-refractivity contribution in [1.29, 1.82) is 0 Å². The van der Waals surface area contributed by atoms with Crippen LogP contribution in [0, 0.1) is 0 Å². The number of likely N-dealkylation sites (tertiary alicyclic amines) is 1. The van der Waals surface area contributed by atoms with Gasteiger partial charge in [-0.25, -0.2) is 0 Å². The molecule has 2 rings (SSSR count). The molecule has 1 aliphatic heterocycles. The van der Waals surface area contributed by atoms with E-state index in [1.807, 2.05) is 11.8 Å². The van der Waals surface area contributed by atoms with Gasteiger partial charge in [0.2, 0.25) is 0 Å². The fourth-order valence-corrected chi connectivity index (χ4v) is 2.82. The van der Waals surface area contributed by atoms with E-state index in [-0.39, 0.29) is 24.2 Å². The normalized spacial score (nSPS) is 31.5. The van der Waals surface area contributed by atoms with Gasteiger partial charge in [0, 0.05) is 19.1 Å². The zero-order valence-corrected chi connectivity index (χ0v) is 10.7. The number of rotatable bonds is 3. The summed E-state index contributed by atoms with van der Waals surface area (Å²) >= 11 is 0. The van der Waals surface area contributed by atoms with Gasteiger partial charge in [-0.1, -0.05) is 0 Å². The second kappa shape index (κ2) is 5.83. The van der Waals surface area contributed by atoms with Crippen LogP contribution in [0.1, 0.15) is 45.4 Å². The van der Waals surface area contributed by atoms with Crippen molar-refractivity contribution >= 4 is 5.91 Å². The molecule has 0 aromatic rings. The zero-order chi connectivity index (χ0) is 12.3. The fourth-order valence-electron chi connectivity index (χ4n) is 2.82. The first-order valence-electron chi connectivity index (χ1n) is 6.86. The highest BCUT2D eigenvalue weighted by molar-refractivity contribution is 5.80. The van der Waals surface area contributed by atoms with Crippen molar-refractivity contribution in [2.75, 3.05) is 13.1 Å². The number of ether oxygens (including phenoxy) is 1. The molecule has 0 spiro atoms. The first-order chi connectivity index (χ1) is 8.16. The van der Waals surface area contributed by atoms with E-state index in [1.54, 1.807) is 0 Å². The third-order valence-electron chi connectivity index (χ3n) is 3.84. The van der Waals surface area contributed by atoms with E-state index in [2.05, 4.69) is 0 Å². The zero-order valence-electron chi connectivity index (χ0n) is 10.7. The molecular formula is C13H24N2O2. The van der Waals surface area contributed by atoms with Gasteiger partial charge in [-0.15, -0.1) is 0 Å². The number of hydrogen-bond acceptors (Lipinski definition) is 3. The van der Waals surface area contributed by atoms with E-state index in [9.17, 15) is 4.79 Å². The Bertz CT molecular complexity index is 264. The van der Waals surface area contributed by atoms with Crippen molar-refractivity contribution in [3.8, 4) is 0 Å². The predicted molar refractivity (Wildman–Crippen MR) is 66.6 cm³/mol. The minimum absolute atomic E-state index is 0.158. The molecule has 4 heteroatoms. The van der Waals surface area contributed by atoms with Crippen LogP contribution in [0.5, 0.6) is 0 Å². The Hall–Kier alpha value is -0.610. The SMILES string of the molecule is CC(OC1CCC(N)C1)C(=O)N1CCCCC1. The highest BCUT2D eigenvalue weighted by atomic mass is 16.5. The van der Waals surface area contributed by atoms with Crippen molar-refractivity contribution in [3.63, 3.8) is 0 Å². The van der Waals surface area contributed by atoms with Crippen LogP contribution in [0.25, 0.3) is 0 Å². The number of nitrogens with two attached hydrogens (primary N) is 1. The number of carbonyl (C=O) groups excluding carboxylic acids is 1. The Morgan fingerprint density at radius 3 is 2.59 bits per heavy atom. The molecule has 0 aromatic heterocycles. The lowest BCUT2D eigenvalue weighted by Crippen LogP contribution is -2.43. The molecule has 4 nitrogen and oxygen atoms in total. The van der Waals surface area contributed by atoms with Crippen molar-refractivity contribution in [2.24, 2.45) is 5.73 Å². The summed E-state index contributed by atoms with van der Waals surface area (Å²) in [6.45, 7) is 3.67. The lowest BCUT2D eigenvalue weighted by atomic mass is 10.1. The topological polar surface area (TPSA) is 55.6 Å². The van der Waals surface area contributed by atoms with Crippen LogP contribution in [-0.2, 0) is 9.53 Å². The second-order valence-electron chi connectivity index (χ2n) is 5.36. The third kappa shape index (κ3) is 3.42. The minimum Gasteiger partial charge on any atom is -0.365 e. The quantitative estimate of drug-likeness (QED) is 0.808. The van der Waals surface area contributed by atoms with Gasteiger partial charge in [-0.2, -0.15) is 0 Å². The largest absolute Gasteiger partial charge is 0.365 e. The minimum atomic E-state index is -0.302. The lowest BCUT2D eigenvalue weighted by molar-refractivity contribution is -0.147. The van der Waals surface area contributed by atoms with Gasteiger partial charge in [0.1, 0.15) is 6.10 Å². The number of amides is 1. The van der Waals surface area contributed by atoms with Gasteiger partial charge >= 0.3 is 0 Å². The maximum atomic E-state index is 12.1. The van der Waals surface area contributed by atoms with E-state index in [1.165, 1.54) is 6.42 Å². The molecule has 17 heavy (non-hydrogen) atoms. The third-order valence-corrected chi connectivity index (χ3v) is 3.84. The molecule has 1 amide bonds. The molecule has 1 aliphatic carbocycles. The molecule has 1 saturated heterocycles. The van der Waals surface area contributed by atoms with Crippen LogP contribution in [0.4, 0.5) is 0 Å². The van der Waals surface area contributed by atoms with Gasteiger partial charge in [0.15, 0.2) is 0 Å².